The van der Waals surface area contributed by atoms with Crippen LogP contribution in [0.25, 0.3) is 0 Å². The monoisotopic (exact) mass is 282 g/mol. The van der Waals surface area contributed by atoms with Gasteiger partial charge in [-0.15, -0.1) is 0 Å². The highest BCUT2D eigenvalue weighted by Crippen LogP contribution is 2.31. The molecule has 0 aliphatic carbocycles. The van der Waals surface area contributed by atoms with E-state index in [-0.39, 0.29) is 12.5 Å². The molecule has 1 fully saturated rings. The van der Waals surface area contributed by atoms with Gasteiger partial charge in [0, 0.05) is 37.0 Å². The Bertz CT molecular complexity index is 530. The molecule has 3 rings (SSSR count). The topological polar surface area (TPSA) is 32.8 Å². The number of morpholine rings is 1. The third-order valence-electron chi connectivity index (χ3n) is 3.80. The fourth-order valence-electron chi connectivity index (χ4n) is 2.73. The second kappa shape index (κ2) is 5.36. The molecule has 2 aliphatic rings. The largest absolute Gasteiger partial charge is 0.378 e. The number of nitrogens with zero attached hydrogens (tertiary/aromatic N) is 2. The number of anilines is 1. The highest BCUT2D eigenvalue weighted by molar-refractivity contribution is 5.82. The third-order valence-corrected chi connectivity index (χ3v) is 3.80. The Morgan fingerprint density at radius 3 is 2.70 bits per heavy atom. The Morgan fingerprint density at radius 2 is 1.95 bits per heavy atom. The molecule has 4 nitrogen and oxygen atoms in total. The molecule has 2 aliphatic heterocycles. The van der Waals surface area contributed by atoms with E-state index >= 15 is 0 Å². The van der Waals surface area contributed by atoms with Gasteiger partial charge in [0.1, 0.15) is 11.6 Å². The Kier molecular flexibility index (Phi) is 3.56. The average molecular weight is 282 g/mol. The lowest BCUT2D eigenvalue weighted by molar-refractivity contribution is -0.133. The first-order chi connectivity index (χ1) is 9.65. The van der Waals surface area contributed by atoms with Gasteiger partial charge in [-0.25, -0.2) is 8.78 Å². The van der Waals surface area contributed by atoms with Crippen molar-refractivity contribution in [3.63, 3.8) is 0 Å². The van der Waals surface area contributed by atoms with Gasteiger partial charge >= 0.3 is 0 Å². The van der Waals surface area contributed by atoms with Gasteiger partial charge in [-0.1, -0.05) is 0 Å². The van der Waals surface area contributed by atoms with E-state index < -0.39 is 11.6 Å². The molecule has 0 atom stereocenters. The van der Waals surface area contributed by atoms with Crippen LogP contribution >= 0.6 is 0 Å². The van der Waals surface area contributed by atoms with Crippen molar-refractivity contribution in [1.82, 2.24) is 4.90 Å². The van der Waals surface area contributed by atoms with Crippen molar-refractivity contribution in [2.75, 3.05) is 44.3 Å². The van der Waals surface area contributed by atoms with Gasteiger partial charge < -0.3 is 14.5 Å². The maximum atomic E-state index is 13.6. The van der Waals surface area contributed by atoms with Crippen molar-refractivity contribution < 1.29 is 18.3 Å². The van der Waals surface area contributed by atoms with Gasteiger partial charge in [0.2, 0.25) is 5.91 Å². The molecule has 1 amide bonds. The zero-order valence-corrected chi connectivity index (χ0v) is 11.1. The van der Waals surface area contributed by atoms with Crippen LogP contribution in [-0.4, -0.2) is 50.2 Å². The van der Waals surface area contributed by atoms with E-state index in [1.165, 1.54) is 6.07 Å². The van der Waals surface area contributed by atoms with Crippen LogP contribution in [-0.2, 0) is 16.0 Å². The van der Waals surface area contributed by atoms with Crippen LogP contribution in [0.4, 0.5) is 14.5 Å². The van der Waals surface area contributed by atoms with E-state index in [0.29, 0.717) is 50.5 Å². The van der Waals surface area contributed by atoms with Crippen LogP contribution in [0.3, 0.4) is 0 Å². The fraction of sp³-hybridized carbons (Fsp3) is 0.500. The minimum absolute atomic E-state index is 0.0224. The van der Waals surface area contributed by atoms with E-state index in [1.54, 1.807) is 9.80 Å². The van der Waals surface area contributed by atoms with Crippen molar-refractivity contribution in [1.29, 1.82) is 0 Å². The molecule has 108 valence electrons. The van der Waals surface area contributed by atoms with Gasteiger partial charge in [0.25, 0.3) is 0 Å². The molecule has 1 aromatic rings. The molecule has 2 heterocycles. The van der Waals surface area contributed by atoms with Gasteiger partial charge in [-0.05, 0) is 12.5 Å². The summed E-state index contributed by atoms with van der Waals surface area (Å²) >= 11 is 0. The van der Waals surface area contributed by atoms with Crippen molar-refractivity contribution in [3.05, 3.63) is 29.3 Å². The van der Waals surface area contributed by atoms with E-state index in [1.807, 2.05) is 0 Å². The molecular formula is C14H16F2N2O2. The van der Waals surface area contributed by atoms with Crippen molar-refractivity contribution in [2.45, 2.75) is 6.42 Å². The number of hydrogen-bond donors (Lipinski definition) is 0. The number of hydrogen-bond acceptors (Lipinski definition) is 3. The summed E-state index contributed by atoms with van der Waals surface area (Å²) in [5, 5.41) is 0. The summed E-state index contributed by atoms with van der Waals surface area (Å²) in [4.78, 5) is 15.7. The molecule has 0 N–H and O–H groups in total. The third kappa shape index (κ3) is 2.47. The van der Waals surface area contributed by atoms with E-state index in [2.05, 4.69) is 0 Å². The zero-order chi connectivity index (χ0) is 14.1. The number of fused-ring (bicyclic) bond motifs is 1. The number of benzene rings is 1. The maximum absolute atomic E-state index is 13.6. The Hall–Kier alpha value is -1.69. The SMILES string of the molecule is O=C(CN1CCc2c(F)cc(F)cc21)N1CCOCC1. The molecule has 6 heteroatoms. The smallest absolute Gasteiger partial charge is 0.242 e. The zero-order valence-electron chi connectivity index (χ0n) is 11.1. The second-order valence-electron chi connectivity index (χ2n) is 5.05. The molecular weight excluding hydrogens is 266 g/mol. The van der Waals surface area contributed by atoms with Crippen LogP contribution < -0.4 is 4.90 Å². The first-order valence-electron chi connectivity index (χ1n) is 6.73. The lowest BCUT2D eigenvalue weighted by atomic mass is 10.1. The summed E-state index contributed by atoms with van der Waals surface area (Å²) in [5.41, 5.74) is 1.00. The Morgan fingerprint density at radius 1 is 1.20 bits per heavy atom. The van der Waals surface area contributed by atoms with Crippen LogP contribution in [0.5, 0.6) is 0 Å². The maximum Gasteiger partial charge on any atom is 0.242 e. The number of amides is 1. The van der Waals surface area contributed by atoms with Gasteiger partial charge in [-0.3, -0.25) is 4.79 Å². The number of ether oxygens (including phenoxy) is 1. The summed E-state index contributed by atoms with van der Waals surface area (Å²) in [6.07, 6.45) is 0.512. The molecule has 1 saturated heterocycles. The highest BCUT2D eigenvalue weighted by Gasteiger charge is 2.27. The Balaban J connectivity index is 1.73. The molecule has 0 aromatic heterocycles. The second-order valence-corrected chi connectivity index (χ2v) is 5.05. The van der Waals surface area contributed by atoms with Gasteiger partial charge in [-0.2, -0.15) is 0 Å². The molecule has 0 saturated carbocycles. The van der Waals surface area contributed by atoms with Gasteiger partial charge in [0.05, 0.1) is 19.8 Å². The number of rotatable bonds is 2. The van der Waals surface area contributed by atoms with E-state index in [0.717, 1.165) is 6.07 Å². The number of halogens is 2. The fourth-order valence-corrected chi connectivity index (χ4v) is 2.73. The van der Waals surface area contributed by atoms with Crippen molar-refractivity contribution in [3.8, 4) is 0 Å². The Labute approximate surface area is 115 Å². The number of carbonyl (C=O) groups excluding carboxylic acids is 1. The van der Waals surface area contributed by atoms with E-state index in [4.69, 9.17) is 4.74 Å². The molecule has 0 unspecified atom stereocenters. The van der Waals surface area contributed by atoms with Crippen LogP contribution in [0.1, 0.15) is 5.56 Å². The van der Waals surface area contributed by atoms with Crippen LogP contribution in [0.2, 0.25) is 0 Å². The normalized spacial score (nSPS) is 18.3. The molecule has 0 bridgehead atoms. The number of carbonyl (C=O) groups is 1. The van der Waals surface area contributed by atoms with Crippen LogP contribution in [0.15, 0.2) is 12.1 Å². The molecule has 0 radical (unpaired) electrons. The first-order valence-corrected chi connectivity index (χ1v) is 6.73. The first kappa shape index (κ1) is 13.3. The molecule has 0 spiro atoms. The lowest BCUT2D eigenvalue weighted by Crippen LogP contribution is -2.45. The average Bonchev–Trinajstić information content (AvgIpc) is 2.83. The highest BCUT2D eigenvalue weighted by atomic mass is 19.1. The summed E-state index contributed by atoms with van der Waals surface area (Å²) in [7, 11) is 0. The predicted molar refractivity (Wildman–Crippen MR) is 69.7 cm³/mol. The summed E-state index contributed by atoms with van der Waals surface area (Å²) in [6.45, 7) is 2.97. The minimum atomic E-state index is -0.605. The van der Waals surface area contributed by atoms with Crippen LogP contribution in [0, 0.1) is 11.6 Å². The molecule has 20 heavy (non-hydrogen) atoms. The quantitative estimate of drug-likeness (QED) is 0.817. The van der Waals surface area contributed by atoms with Gasteiger partial charge in [0.15, 0.2) is 0 Å². The predicted octanol–water partition coefficient (Wildman–Crippen LogP) is 1.19. The summed E-state index contributed by atoms with van der Waals surface area (Å²) < 4.78 is 32.1. The lowest BCUT2D eigenvalue weighted by Gasteiger charge is -2.29. The summed E-state index contributed by atoms with van der Waals surface area (Å²) in [6, 6.07) is 2.20. The standard InChI is InChI=1S/C14H16F2N2O2/c15-10-7-12(16)11-1-2-18(13(11)8-10)9-14(19)17-3-5-20-6-4-17/h7-8H,1-6,9H2. The van der Waals surface area contributed by atoms with Crippen molar-refractivity contribution in [2.24, 2.45) is 0 Å². The molecule has 1 aromatic carbocycles. The minimum Gasteiger partial charge on any atom is -0.378 e. The summed E-state index contributed by atoms with van der Waals surface area (Å²) in [5.74, 6) is -1.15. The van der Waals surface area contributed by atoms with Crippen molar-refractivity contribution >= 4 is 11.6 Å². The van der Waals surface area contributed by atoms with E-state index in [9.17, 15) is 13.6 Å².